The van der Waals surface area contributed by atoms with Gasteiger partial charge < -0.3 is 10.8 Å². The Bertz CT molecular complexity index is 436. The molecule has 3 N–H and O–H groups in total. The second kappa shape index (κ2) is 6.85. The van der Waals surface area contributed by atoms with Crippen molar-refractivity contribution in [3.05, 3.63) is 29.3 Å². The highest BCUT2D eigenvalue weighted by Gasteiger charge is 2.33. The molecular weight excluding hydrogens is 283 g/mol. The summed E-state index contributed by atoms with van der Waals surface area (Å²) in [5.74, 6) is 0. The normalized spacial score (nSPS) is 12.4. The van der Waals surface area contributed by atoms with E-state index in [1.54, 1.807) is 0 Å². The van der Waals surface area contributed by atoms with Crippen molar-refractivity contribution < 1.29 is 27.1 Å². The third-order valence-electron chi connectivity index (χ3n) is 2.65. The molecule has 20 heavy (non-hydrogen) atoms. The monoisotopic (exact) mass is 298 g/mol. The van der Waals surface area contributed by atoms with Gasteiger partial charge in [0.2, 0.25) is 0 Å². The van der Waals surface area contributed by atoms with Crippen LogP contribution in [0.1, 0.15) is 11.1 Å². The molecule has 0 aromatic heterocycles. The zero-order chi connectivity index (χ0) is 15.3. The fraction of sp³-hybridized carbons (Fsp3) is 0.500. The second-order valence-corrected chi connectivity index (χ2v) is 4.26. The number of nitrogens with zero attached hydrogens (tertiary/aromatic N) is 1. The number of nitrogens with two attached hydrogens (primary N) is 1. The van der Waals surface area contributed by atoms with Gasteiger partial charge in [0.15, 0.2) is 0 Å². The maximum atomic E-state index is 12.9. The molecule has 0 spiro atoms. The van der Waals surface area contributed by atoms with Gasteiger partial charge in [0.25, 0.3) is 6.43 Å². The van der Waals surface area contributed by atoms with Gasteiger partial charge >= 0.3 is 6.18 Å². The molecule has 0 radical (unpaired) electrons. The molecule has 0 atom stereocenters. The summed E-state index contributed by atoms with van der Waals surface area (Å²) in [6, 6.07) is 3.22. The average molecular weight is 298 g/mol. The van der Waals surface area contributed by atoms with E-state index in [-0.39, 0.29) is 24.3 Å². The van der Waals surface area contributed by atoms with Crippen LogP contribution in [-0.4, -0.2) is 36.1 Å². The van der Waals surface area contributed by atoms with Crippen LogP contribution >= 0.6 is 0 Å². The van der Waals surface area contributed by atoms with Crippen molar-refractivity contribution in [2.75, 3.05) is 25.4 Å². The van der Waals surface area contributed by atoms with Gasteiger partial charge in [0, 0.05) is 18.8 Å². The van der Waals surface area contributed by atoms with Gasteiger partial charge in [-0.25, -0.2) is 8.78 Å². The van der Waals surface area contributed by atoms with Crippen molar-refractivity contribution >= 4 is 5.69 Å². The van der Waals surface area contributed by atoms with E-state index in [0.717, 1.165) is 17.0 Å². The SMILES string of the molecule is Nc1ccc(CN(CCO)CC(F)F)c(C(F)(F)F)c1. The highest BCUT2D eigenvalue weighted by molar-refractivity contribution is 5.46. The van der Waals surface area contributed by atoms with Crippen LogP contribution < -0.4 is 5.73 Å². The largest absolute Gasteiger partial charge is 0.416 e. The number of aliphatic hydroxyl groups excluding tert-OH is 1. The molecule has 0 aliphatic heterocycles. The Morgan fingerprint density at radius 2 is 1.90 bits per heavy atom. The van der Waals surface area contributed by atoms with Gasteiger partial charge in [-0.15, -0.1) is 0 Å². The Morgan fingerprint density at radius 3 is 2.40 bits per heavy atom. The van der Waals surface area contributed by atoms with Gasteiger partial charge in [-0.2, -0.15) is 13.2 Å². The molecule has 1 aromatic carbocycles. The molecule has 0 saturated carbocycles. The Morgan fingerprint density at radius 1 is 1.25 bits per heavy atom. The predicted molar refractivity (Wildman–Crippen MR) is 64.2 cm³/mol. The highest BCUT2D eigenvalue weighted by atomic mass is 19.4. The number of halogens is 5. The lowest BCUT2D eigenvalue weighted by atomic mass is 10.1. The second-order valence-electron chi connectivity index (χ2n) is 4.26. The molecule has 0 fully saturated rings. The lowest BCUT2D eigenvalue weighted by molar-refractivity contribution is -0.138. The molecule has 0 unspecified atom stereocenters. The number of nitrogen functional groups attached to an aromatic ring is 1. The lowest BCUT2D eigenvalue weighted by Gasteiger charge is -2.23. The summed E-state index contributed by atoms with van der Waals surface area (Å²) >= 11 is 0. The van der Waals surface area contributed by atoms with Crippen LogP contribution in [0.3, 0.4) is 0 Å². The number of alkyl halides is 5. The Hall–Kier alpha value is -1.41. The maximum Gasteiger partial charge on any atom is 0.416 e. The van der Waals surface area contributed by atoms with E-state index < -0.39 is 31.3 Å². The van der Waals surface area contributed by atoms with Crippen molar-refractivity contribution in [1.82, 2.24) is 4.90 Å². The summed E-state index contributed by atoms with van der Waals surface area (Å²) in [7, 11) is 0. The minimum Gasteiger partial charge on any atom is -0.399 e. The topological polar surface area (TPSA) is 49.5 Å². The summed E-state index contributed by atoms with van der Waals surface area (Å²) < 4.78 is 63.3. The molecule has 0 saturated heterocycles. The highest BCUT2D eigenvalue weighted by Crippen LogP contribution is 2.33. The third kappa shape index (κ3) is 4.93. The van der Waals surface area contributed by atoms with E-state index in [1.165, 1.54) is 6.07 Å². The van der Waals surface area contributed by atoms with Crippen LogP contribution in [0, 0.1) is 0 Å². The van der Waals surface area contributed by atoms with E-state index in [4.69, 9.17) is 10.8 Å². The molecule has 0 amide bonds. The van der Waals surface area contributed by atoms with E-state index in [1.807, 2.05) is 0 Å². The zero-order valence-corrected chi connectivity index (χ0v) is 10.5. The number of benzene rings is 1. The van der Waals surface area contributed by atoms with Crippen LogP contribution in [0.25, 0.3) is 0 Å². The minimum atomic E-state index is -4.61. The predicted octanol–water partition coefficient (Wildman–Crippen LogP) is 2.35. The Balaban J connectivity index is 3.00. The van der Waals surface area contributed by atoms with Crippen LogP contribution in [0.2, 0.25) is 0 Å². The summed E-state index contributed by atoms with van der Waals surface area (Å²) in [6.07, 6.45) is -7.30. The first kappa shape index (κ1) is 16.6. The van der Waals surface area contributed by atoms with Gasteiger partial charge in [-0.05, 0) is 17.7 Å². The first-order valence-electron chi connectivity index (χ1n) is 5.81. The fourth-order valence-corrected chi connectivity index (χ4v) is 1.81. The van der Waals surface area contributed by atoms with Crippen molar-refractivity contribution in [3.8, 4) is 0 Å². The first-order chi connectivity index (χ1) is 9.24. The van der Waals surface area contributed by atoms with Crippen LogP contribution in [-0.2, 0) is 12.7 Å². The smallest absolute Gasteiger partial charge is 0.399 e. The molecule has 1 aromatic rings. The molecule has 114 valence electrons. The van der Waals surface area contributed by atoms with E-state index in [0.29, 0.717) is 0 Å². The minimum absolute atomic E-state index is 0.0522. The van der Waals surface area contributed by atoms with Crippen molar-refractivity contribution in [2.24, 2.45) is 0 Å². The quantitative estimate of drug-likeness (QED) is 0.626. The van der Waals surface area contributed by atoms with E-state index in [9.17, 15) is 22.0 Å². The number of anilines is 1. The lowest BCUT2D eigenvalue weighted by Crippen LogP contribution is -2.32. The zero-order valence-electron chi connectivity index (χ0n) is 10.5. The average Bonchev–Trinajstić information content (AvgIpc) is 2.29. The van der Waals surface area contributed by atoms with Gasteiger partial charge in [-0.1, -0.05) is 6.07 Å². The Kier molecular flexibility index (Phi) is 5.70. The third-order valence-corrected chi connectivity index (χ3v) is 2.65. The summed E-state index contributed by atoms with van der Waals surface area (Å²) in [5.41, 5.74) is 4.17. The standard InChI is InChI=1S/C12H15F5N2O/c13-11(14)7-19(3-4-20)6-8-1-2-9(18)5-10(8)12(15,16)17/h1-2,5,11,20H,3-4,6-7,18H2. The molecule has 0 aliphatic carbocycles. The fourth-order valence-electron chi connectivity index (χ4n) is 1.81. The first-order valence-corrected chi connectivity index (χ1v) is 5.81. The molecule has 3 nitrogen and oxygen atoms in total. The van der Waals surface area contributed by atoms with Crippen molar-refractivity contribution in [3.63, 3.8) is 0 Å². The van der Waals surface area contributed by atoms with Crippen LogP contribution in [0.15, 0.2) is 18.2 Å². The van der Waals surface area contributed by atoms with E-state index >= 15 is 0 Å². The molecule has 0 bridgehead atoms. The van der Waals surface area contributed by atoms with Gasteiger partial charge in [0.05, 0.1) is 18.7 Å². The van der Waals surface area contributed by atoms with Crippen LogP contribution in [0.4, 0.5) is 27.6 Å². The van der Waals surface area contributed by atoms with E-state index in [2.05, 4.69) is 0 Å². The van der Waals surface area contributed by atoms with Gasteiger partial charge in [0.1, 0.15) is 0 Å². The van der Waals surface area contributed by atoms with Crippen LogP contribution in [0.5, 0.6) is 0 Å². The summed E-state index contributed by atoms with van der Waals surface area (Å²) in [6.45, 7) is -1.59. The Labute approximate surface area is 112 Å². The van der Waals surface area contributed by atoms with Gasteiger partial charge in [-0.3, -0.25) is 4.90 Å². The number of hydrogen-bond donors (Lipinski definition) is 2. The molecule has 1 rings (SSSR count). The summed E-state index contributed by atoms with van der Waals surface area (Å²) in [5, 5.41) is 8.77. The molecule has 0 aliphatic rings. The number of rotatable bonds is 6. The van der Waals surface area contributed by atoms with Crippen molar-refractivity contribution in [2.45, 2.75) is 19.1 Å². The molecule has 8 heteroatoms. The molecular formula is C12H15F5N2O. The molecule has 0 heterocycles. The number of aliphatic hydroxyl groups is 1. The summed E-state index contributed by atoms with van der Waals surface area (Å²) in [4.78, 5) is 1.06. The maximum absolute atomic E-state index is 12.9. The number of hydrogen-bond acceptors (Lipinski definition) is 3. The van der Waals surface area contributed by atoms with Crippen molar-refractivity contribution in [1.29, 1.82) is 0 Å².